The molecule has 0 aromatic carbocycles. The highest BCUT2D eigenvalue weighted by atomic mass is 16.3. The second kappa shape index (κ2) is 7.22. The van der Waals surface area contributed by atoms with Gasteiger partial charge in [0, 0.05) is 26.7 Å². The van der Waals surface area contributed by atoms with Gasteiger partial charge in [-0.2, -0.15) is 0 Å². The van der Waals surface area contributed by atoms with Crippen LogP contribution in [-0.2, 0) is 20.1 Å². The Hall–Kier alpha value is -2.15. The quantitative estimate of drug-likeness (QED) is 0.573. The number of aliphatic hydroxyl groups is 1. The minimum atomic E-state index is -0.384. The molecule has 0 aliphatic carbocycles. The van der Waals surface area contributed by atoms with E-state index in [0.29, 0.717) is 17.7 Å². The van der Waals surface area contributed by atoms with Crippen molar-refractivity contribution in [2.24, 2.45) is 7.05 Å². The molecule has 2 rings (SSSR count). The molecule has 0 atom stereocenters. The summed E-state index contributed by atoms with van der Waals surface area (Å²) in [4.78, 5) is 28.9. The molecule has 1 N–H and O–H groups in total. The summed E-state index contributed by atoms with van der Waals surface area (Å²) in [6.45, 7) is 4.65. The van der Waals surface area contributed by atoms with Gasteiger partial charge in [-0.15, -0.1) is 6.58 Å². The molecule has 0 saturated carbocycles. The second-order valence-corrected chi connectivity index (χ2v) is 5.29. The molecule has 22 heavy (non-hydrogen) atoms. The fourth-order valence-electron chi connectivity index (χ4n) is 2.53. The van der Waals surface area contributed by atoms with E-state index in [2.05, 4.69) is 11.6 Å². The van der Waals surface area contributed by atoms with E-state index in [9.17, 15) is 9.59 Å². The highest BCUT2D eigenvalue weighted by Gasteiger charge is 2.15. The molecule has 2 heterocycles. The summed E-state index contributed by atoms with van der Waals surface area (Å²) in [5.74, 6) is 0. The summed E-state index contributed by atoms with van der Waals surface area (Å²) < 4.78 is 4.36. The highest BCUT2D eigenvalue weighted by molar-refractivity contribution is 5.69. The van der Waals surface area contributed by atoms with Crippen LogP contribution in [0.1, 0.15) is 25.7 Å². The van der Waals surface area contributed by atoms with Gasteiger partial charge in [-0.1, -0.05) is 18.9 Å². The zero-order valence-electron chi connectivity index (χ0n) is 12.9. The Balaban J connectivity index is 2.35. The summed E-state index contributed by atoms with van der Waals surface area (Å²) in [5, 5.41) is 8.77. The number of hydrogen-bond acceptors (Lipinski definition) is 4. The van der Waals surface area contributed by atoms with Crippen LogP contribution in [-0.4, -0.2) is 30.4 Å². The molecule has 0 amide bonds. The van der Waals surface area contributed by atoms with E-state index in [1.54, 1.807) is 17.9 Å². The molecule has 0 aliphatic heterocycles. The van der Waals surface area contributed by atoms with E-state index in [1.807, 2.05) is 0 Å². The molecule has 120 valence electrons. The number of aromatic nitrogens is 4. The Morgan fingerprint density at radius 3 is 2.68 bits per heavy atom. The zero-order chi connectivity index (χ0) is 16.1. The Morgan fingerprint density at radius 2 is 2.00 bits per heavy atom. The zero-order valence-corrected chi connectivity index (χ0v) is 12.9. The lowest BCUT2D eigenvalue weighted by molar-refractivity contribution is 0.282. The van der Waals surface area contributed by atoms with Crippen LogP contribution < -0.4 is 11.2 Å². The standard InChI is InChI=1S/C15H22N4O3/c1-3-8-19-14(21)12-13(17(2)15(19)22)16-11-18(12)9-6-4-5-7-10-20/h3,11,20H,1,4-10H2,2H3. The van der Waals surface area contributed by atoms with E-state index in [-0.39, 0.29) is 24.4 Å². The van der Waals surface area contributed by atoms with Crippen molar-refractivity contribution < 1.29 is 5.11 Å². The predicted molar refractivity (Wildman–Crippen MR) is 85.0 cm³/mol. The minimum absolute atomic E-state index is 0.184. The third-order valence-corrected chi connectivity index (χ3v) is 3.72. The van der Waals surface area contributed by atoms with E-state index in [4.69, 9.17) is 5.11 Å². The Kier molecular flexibility index (Phi) is 5.32. The normalized spacial score (nSPS) is 11.2. The summed E-state index contributed by atoms with van der Waals surface area (Å²) >= 11 is 0. The maximum absolute atomic E-state index is 12.5. The largest absolute Gasteiger partial charge is 0.396 e. The lowest BCUT2D eigenvalue weighted by Crippen LogP contribution is -2.39. The number of nitrogens with zero attached hydrogens (tertiary/aromatic N) is 4. The fraction of sp³-hybridized carbons (Fsp3) is 0.533. The smallest absolute Gasteiger partial charge is 0.332 e. The van der Waals surface area contributed by atoms with E-state index in [1.165, 1.54) is 15.2 Å². The molecule has 0 spiro atoms. The van der Waals surface area contributed by atoms with Crippen LogP contribution in [0.4, 0.5) is 0 Å². The summed E-state index contributed by atoms with van der Waals surface area (Å²) in [7, 11) is 1.61. The van der Waals surface area contributed by atoms with Crippen molar-refractivity contribution in [3.05, 3.63) is 39.8 Å². The third kappa shape index (κ3) is 3.04. The Labute approximate surface area is 128 Å². The van der Waals surface area contributed by atoms with Crippen molar-refractivity contribution in [2.75, 3.05) is 6.61 Å². The maximum atomic E-state index is 12.5. The summed E-state index contributed by atoms with van der Waals surface area (Å²) in [6.07, 6.45) is 6.77. The van der Waals surface area contributed by atoms with E-state index >= 15 is 0 Å². The average Bonchev–Trinajstić information content (AvgIpc) is 2.93. The third-order valence-electron chi connectivity index (χ3n) is 3.72. The van der Waals surface area contributed by atoms with Gasteiger partial charge in [0.2, 0.25) is 0 Å². The Bertz CT molecular complexity index is 769. The number of fused-ring (bicyclic) bond motifs is 1. The van der Waals surface area contributed by atoms with Crippen LogP contribution in [0.2, 0.25) is 0 Å². The van der Waals surface area contributed by atoms with Gasteiger partial charge in [-0.3, -0.25) is 13.9 Å². The molecule has 0 radical (unpaired) electrons. The van der Waals surface area contributed by atoms with Crippen LogP contribution in [0.15, 0.2) is 28.6 Å². The van der Waals surface area contributed by atoms with Crippen molar-refractivity contribution in [1.29, 1.82) is 0 Å². The lowest BCUT2D eigenvalue weighted by Gasteiger charge is -2.08. The average molecular weight is 306 g/mol. The second-order valence-electron chi connectivity index (χ2n) is 5.29. The van der Waals surface area contributed by atoms with Gasteiger partial charge in [0.15, 0.2) is 11.2 Å². The summed E-state index contributed by atoms with van der Waals surface area (Å²) in [6, 6.07) is 0. The van der Waals surface area contributed by atoms with Crippen molar-refractivity contribution in [2.45, 2.75) is 38.8 Å². The molecular formula is C15H22N4O3. The number of allylic oxidation sites excluding steroid dienone is 1. The molecular weight excluding hydrogens is 284 g/mol. The first-order valence-electron chi connectivity index (χ1n) is 7.48. The van der Waals surface area contributed by atoms with Gasteiger partial charge < -0.3 is 9.67 Å². The van der Waals surface area contributed by atoms with Gasteiger partial charge in [0.1, 0.15) is 0 Å². The summed E-state index contributed by atoms with van der Waals surface area (Å²) in [5.41, 5.74) is 0.147. The number of imidazole rings is 1. The Morgan fingerprint density at radius 1 is 1.27 bits per heavy atom. The number of rotatable bonds is 8. The fourth-order valence-corrected chi connectivity index (χ4v) is 2.53. The van der Waals surface area contributed by atoms with Gasteiger partial charge in [0.05, 0.1) is 6.33 Å². The lowest BCUT2D eigenvalue weighted by atomic mass is 10.2. The monoisotopic (exact) mass is 306 g/mol. The minimum Gasteiger partial charge on any atom is -0.396 e. The van der Waals surface area contributed by atoms with E-state index < -0.39 is 0 Å². The van der Waals surface area contributed by atoms with Crippen molar-refractivity contribution in [1.82, 2.24) is 18.7 Å². The van der Waals surface area contributed by atoms with Gasteiger partial charge in [-0.05, 0) is 12.8 Å². The number of aryl methyl sites for hydroxylation is 2. The molecule has 7 nitrogen and oxygen atoms in total. The van der Waals surface area contributed by atoms with Crippen molar-refractivity contribution in [3.8, 4) is 0 Å². The molecule has 2 aromatic heterocycles. The highest BCUT2D eigenvalue weighted by Crippen LogP contribution is 2.08. The molecule has 0 saturated heterocycles. The first kappa shape index (κ1) is 16.2. The van der Waals surface area contributed by atoms with Crippen molar-refractivity contribution in [3.63, 3.8) is 0 Å². The first-order valence-corrected chi connectivity index (χ1v) is 7.48. The number of aliphatic hydroxyl groups excluding tert-OH is 1. The SMILES string of the molecule is C=CCn1c(=O)c2c(ncn2CCCCCCO)n(C)c1=O. The molecule has 7 heteroatoms. The number of unbranched alkanes of at least 4 members (excludes halogenated alkanes) is 3. The van der Waals surface area contributed by atoms with Crippen molar-refractivity contribution >= 4 is 11.2 Å². The van der Waals surface area contributed by atoms with Crippen LogP contribution in [0.3, 0.4) is 0 Å². The molecule has 0 aliphatic rings. The predicted octanol–water partition coefficient (Wildman–Crippen LogP) is 0.635. The molecule has 2 aromatic rings. The van der Waals surface area contributed by atoms with Gasteiger partial charge in [-0.25, -0.2) is 9.78 Å². The van der Waals surface area contributed by atoms with Gasteiger partial charge >= 0.3 is 5.69 Å². The van der Waals surface area contributed by atoms with Crippen LogP contribution >= 0.6 is 0 Å². The number of hydrogen-bond donors (Lipinski definition) is 1. The maximum Gasteiger partial charge on any atom is 0.332 e. The molecule has 0 bridgehead atoms. The first-order chi connectivity index (χ1) is 10.6. The van der Waals surface area contributed by atoms with Crippen LogP contribution in [0, 0.1) is 0 Å². The molecule has 0 fully saturated rings. The van der Waals surface area contributed by atoms with E-state index in [0.717, 1.165) is 25.7 Å². The van der Waals surface area contributed by atoms with Gasteiger partial charge in [0.25, 0.3) is 5.56 Å². The topological polar surface area (TPSA) is 82.0 Å². The van der Waals surface area contributed by atoms with Crippen LogP contribution in [0.25, 0.3) is 11.2 Å². The van der Waals surface area contributed by atoms with Crippen LogP contribution in [0.5, 0.6) is 0 Å². The molecule has 0 unspecified atom stereocenters.